The van der Waals surface area contributed by atoms with Crippen molar-refractivity contribution in [3.63, 3.8) is 0 Å². The fourth-order valence-electron chi connectivity index (χ4n) is 1.71. The maximum Gasteiger partial charge on any atom is 0.155 e. The molecule has 18 heavy (non-hydrogen) atoms. The van der Waals surface area contributed by atoms with Crippen molar-refractivity contribution in [2.24, 2.45) is 0 Å². The monoisotopic (exact) mass is 250 g/mol. The van der Waals surface area contributed by atoms with Gasteiger partial charge in [0.1, 0.15) is 17.5 Å². The van der Waals surface area contributed by atoms with Crippen molar-refractivity contribution in [1.29, 1.82) is 0 Å². The first-order chi connectivity index (χ1) is 8.52. The van der Waals surface area contributed by atoms with E-state index in [1.807, 2.05) is 0 Å². The van der Waals surface area contributed by atoms with Crippen LogP contribution in [0.5, 0.6) is 0 Å². The van der Waals surface area contributed by atoms with Crippen molar-refractivity contribution in [1.82, 2.24) is 0 Å². The van der Waals surface area contributed by atoms with Crippen molar-refractivity contribution in [3.8, 4) is 11.1 Å². The fourth-order valence-corrected chi connectivity index (χ4v) is 1.71. The Hall–Kier alpha value is -2.10. The van der Waals surface area contributed by atoms with Gasteiger partial charge in [0.25, 0.3) is 0 Å². The maximum absolute atomic E-state index is 13.7. The van der Waals surface area contributed by atoms with Crippen LogP contribution in [-0.4, -0.2) is 6.29 Å². The first-order valence-electron chi connectivity index (χ1n) is 5.23. The van der Waals surface area contributed by atoms with E-state index in [-0.39, 0.29) is 17.4 Å². The third-order valence-electron chi connectivity index (χ3n) is 2.63. The highest BCUT2D eigenvalue weighted by Gasteiger charge is 2.13. The molecule has 0 aliphatic heterocycles. The molecular weight excluding hydrogens is 241 g/mol. The molecule has 0 amide bonds. The second kappa shape index (κ2) is 4.64. The predicted molar refractivity (Wildman–Crippen MR) is 61.9 cm³/mol. The zero-order valence-electron chi connectivity index (χ0n) is 9.51. The molecule has 2 rings (SSSR count). The first-order valence-corrected chi connectivity index (χ1v) is 5.23. The van der Waals surface area contributed by atoms with Crippen LogP contribution >= 0.6 is 0 Å². The predicted octanol–water partition coefficient (Wildman–Crippen LogP) is 3.89. The molecule has 2 aromatic carbocycles. The molecule has 0 aliphatic carbocycles. The van der Waals surface area contributed by atoms with Gasteiger partial charge < -0.3 is 0 Å². The molecular formula is C14H9F3O. The van der Waals surface area contributed by atoms with Gasteiger partial charge in [-0.25, -0.2) is 13.2 Å². The lowest BCUT2D eigenvalue weighted by atomic mass is 10.0. The summed E-state index contributed by atoms with van der Waals surface area (Å²) in [5, 5.41) is 0. The largest absolute Gasteiger partial charge is 0.298 e. The Morgan fingerprint density at radius 2 is 1.56 bits per heavy atom. The van der Waals surface area contributed by atoms with Crippen molar-refractivity contribution in [2.45, 2.75) is 6.92 Å². The molecule has 0 unspecified atom stereocenters. The summed E-state index contributed by atoms with van der Waals surface area (Å²) < 4.78 is 40.5. The van der Waals surface area contributed by atoms with Crippen LogP contribution < -0.4 is 0 Å². The highest BCUT2D eigenvalue weighted by Crippen LogP contribution is 2.26. The van der Waals surface area contributed by atoms with E-state index >= 15 is 0 Å². The molecule has 0 heterocycles. The van der Waals surface area contributed by atoms with Crippen LogP contribution in [0.3, 0.4) is 0 Å². The lowest BCUT2D eigenvalue weighted by molar-refractivity contribution is 0.111. The summed E-state index contributed by atoms with van der Waals surface area (Å²) in [6.45, 7) is 1.71. The molecule has 0 radical (unpaired) electrons. The van der Waals surface area contributed by atoms with Crippen LogP contribution in [0.25, 0.3) is 11.1 Å². The van der Waals surface area contributed by atoms with Crippen LogP contribution in [0.15, 0.2) is 30.3 Å². The number of carbonyl (C=O) groups is 1. The zero-order chi connectivity index (χ0) is 13.3. The molecule has 0 N–H and O–H groups in total. The number of aryl methyl sites for hydroxylation is 1. The van der Waals surface area contributed by atoms with Crippen LogP contribution in [0.2, 0.25) is 0 Å². The highest BCUT2D eigenvalue weighted by molar-refractivity contribution is 5.78. The van der Waals surface area contributed by atoms with E-state index in [0.717, 1.165) is 12.1 Å². The molecule has 0 saturated carbocycles. The molecule has 0 spiro atoms. The van der Waals surface area contributed by atoms with Gasteiger partial charge in [0.2, 0.25) is 0 Å². The summed E-state index contributed by atoms with van der Waals surface area (Å²) in [6, 6.07) is 6.25. The van der Waals surface area contributed by atoms with Crippen LogP contribution in [0.4, 0.5) is 13.2 Å². The summed E-state index contributed by atoms with van der Waals surface area (Å²) in [6.07, 6.45) is 0.0972. The van der Waals surface area contributed by atoms with Crippen molar-refractivity contribution < 1.29 is 18.0 Å². The Morgan fingerprint density at radius 1 is 0.944 bits per heavy atom. The third-order valence-corrected chi connectivity index (χ3v) is 2.63. The number of benzene rings is 2. The smallest absolute Gasteiger partial charge is 0.155 e. The second-order valence-electron chi connectivity index (χ2n) is 3.95. The van der Waals surface area contributed by atoms with E-state index in [1.165, 1.54) is 12.1 Å². The lowest BCUT2D eigenvalue weighted by Crippen LogP contribution is -1.96. The van der Waals surface area contributed by atoms with E-state index in [2.05, 4.69) is 0 Å². The molecule has 4 heteroatoms. The van der Waals surface area contributed by atoms with Crippen LogP contribution in [0, 0.1) is 24.4 Å². The molecule has 0 fully saturated rings. The van der Waals surface area contributed by atoms with E-state index in [4.69, 9.17) is 0 Å². The number of hydrogen-bond donors (Lipinski definition) is 0. The Bertz CT molecular complexity index is 597. The highest BCUT2D eigenvalue weighted by atomic mass is 19.1. The van der Waals surface area contributed by atoms with Gasteiger partial charge in [-0.2, -0.15) is 0 Å². The van der Waals surface area contributed by atoms with E-state index in [9.17, 15) is 18.0 Å². The molecule has 0 aromatic heterocycles. The first kappa shape index (κ1) is 12.4. The maximum atomic E-state index is 13.7. The average molecular weight is 250 g/mol. The standard InChI is InChI=1S/C14H9F3O/c1-8-2-3-10(12(15)4-8)9-5-13(16)11(7-18)14(17)6-9/h2-7H,1H3. The average Bonchev–Trinajstić information content (AvgIpc) is 2.28. The second-order valence-corrected chi connectivity index (χ2v) is 3.95. The van der Waals surface area contributed by atoms with Crippen molar-refractivity contribution in [3.05, 3.63) is 58.9 Å². The molecule has 92 valence electrons. The molecule has 0 saturated heterocycles. The van der Waals surface area contributed by atoms with Gasteiger partial charge in [0.15, 0.2) is 6.29 Å². The zero-order valence-corrected chi connectivity index (χ0v) is 9.51. The number of aldehydes is 1. The van der Waals surface area contributed by atoms with Gasteiger partial charge in [-0.05, 0) is 36.2 Å². The normalized spacial score (nSPS) is 10.4. The van der Waals surface area contributed by atoms with Gasteiger partial charge in [-0.3, -0.25) is 4.79 Å². The van der Waals surface area contributed by atoms with Gasteiger partial charge in [-0.1, -0.05) is 12.1 Å². The van der Waals surface area contributed by atoms with Crippen molar-refractivity contribution >= 4 is 6.29 Å². The summed E-state index contributed by atoms with van der Waals surface area (Å²) >= 11 is 0. The lowest BCUT2D eigenvalue weighted by Gasteiger charge is -2.06. The van der Waals surface area contributed by atoms with Gasteiger partial charge in [0, 0.05) is 5.56 Å². The Labute approximate surface area is 102 Å². The number of hydrogen-bond acceptors (Lipinski definition) is 1. The van der Waals surface area contributed by atoms with Crippen LogP contribution in [-0.2, 0) is 0 Å². The van der Waals surface area contributed by atoms with Gasteiger partial charge in [0.05, 0.1) is 5.56 Å². The third kappa shape index (κ3) is 2.14. The minimum atomic E-state index is -1.00. The summed E-state index contributed by atoms with van der Waals surface area (Å²) in [5.74, 6) is -2.56. The minimum absolute atomic E-state index is 0.0631. The number of halogens is 3. The summed E-state index contributed by atoms with van der Waals surface area (Å²) in [4.78, 5) is 10.5. The number of rotatable bonds is 2. The fraction of sp³-hybridized carbons (Fsp3) is 0.0714. The Morgan fingerprint density at radius 3 is 2.06 bits per heavy atom. The van der Waals surface area contributed by atoms with Crippen molar-refractivity contribution in [2.75, 3.05) is 0 Å². The quantitative estimate of drug-likeness (QED) is 0.739. The van der Waals surface area contributed by atoms with Gasteiger partial charge in [-0.15, -0.1) is 0 Å². The minimum Gasteiger partial charge on any atom is -0.298 e. The van der Waals surface area contributed by atoms with Crippen LogP contribution in [0.1, 0.15) is 15.9 Å². The number of carbonyl (C=O) groups excluding carboxylic acids is 1. The van der Waals surface area contributed by atoms with E-state index < -0.39 is 23.0 Å². The summed E-state index contributed by atoms with van der Waals surface area (Å²) in [7, 11) is 0. The molecule has 2 aromatic rings. The van der Waals surface area contributed by atoms with E-state index in [0.29, 0.717) is 5.56 Å². The summed E-state index contributed by atoms with van der Waals surface area (Å²) in [5.41, 5.74) is 0.219. The van der Waals surface area contributed by atoms with E-state index in [1.54, 1.807) is 13.0 Å². The molecule has 1 nitrogen and oxygen atoms in total. The molecule has 0 bridgehead atoms. The SMILES string of the molecule is Cc1ccc(-c2cc(F)c(C=O)c(F)c2)c(F)c1. The molecule has 0 aliphatic rings. The van der Waals surface area contributed by atoms with Gasteiger partial charge >= 0.3 is 0 Å². The topological polar surface area (TPSA) is 17.1 Å². The Kier molecular flexibility index (Phi) is 3.19. The molecule has 0 atom stereocenters. The Balaban J connectivity index is 2.61.